The lowest BCUT2D eigenvalue weighted by Gasteiger charge is -2.11. The van der Waals surface area contributed by atoms with Gasteiger partial charge in [0.1, 0.15) is 6.04 Å². The number of halogens is 2. The lowest BCUT2D eigenvalue weighted by Crippen LogP contribution is -2.57. The van der Waals surface area contributed by atoms with Crippen LogP contribution in [0.5, 0.6) is 0 Å². The highest BCUT2D eigenvalue weighted by Crippen LogP contribution is 2.31. The Kier molecular flexibility index (Phi) is 5.66. The summed E-state index contributed by atoms with van der Waals surface area (Å²) in [6, 6.07) is 5.63. The number of aromatic nitrogens is 4. The number of hydrogen-bond acceptors (Lipinski definition) is 5. The van der Waals surface area contributed by atoms with E-state index >= 15 is 0 Å². The number of benzene rings is 1. The molecule has 9 heteroatoms. The van der Waals surface area contributed by atoms with Crippen molar-refractivity contribution < 1.29 is 5.73 Å². The van der Waals surface area contributed by atoms with Gasteiger partial charge in [0.25, 0.3) is 0 Å². The third-order valence-corrected chi connectivity index (χ3v) is 6.69. The molecule has 2 aromatic heterocycles. The van der Waals surface area contributed by atoms with E-state index < -0.39 is 0 Å². The van der Waals surface area contributed by atoms with Crippen LogP contribution < -0.4 is 5.73 Å². The lowest BCUT2D eigenvalue weighted by atomic mass is 10.00. The topological polar surface area (TPSA) is 70.7 Å². The molecule has 128 valence electrons. The maximum absolute atomic E-state index is 6.22. The third kappa shape index (κ3) is 3.70. The van der Waals surface area contributed by atoms with E-state index in [4.69, 9.17) is 23.2 Å². The normalized spacial score (nSPS) is 14.2. The van der Waals surface area contributed by atoms with Crippen LogP contribution >= 0.6 is 46.3 Å². The van der Waals surface area contributed by atoms with Gasteiger partial charge in [-0.1, -0.05) is 66.2 Å². The first kappa shape index (κ1) is 17.9. The number of fused-ring (bicyclic) bond motifs is 1. The first-order valence-electron chi connectivity index (χ1n) is 7.61. The maximum atomic E-state index is 6.22. The van der Waals surface area contributed by atoms with Crippen LogP contribution in [0.15, 0.2) is 22.5 Å². The van der Waals surface area contributed by atoms with Crippen LogP contribution in [0.25, 0.3) is 4.96 Å². The number of thioether (sulfide) groups is 1. The monoisotopic (exact) mass is 402 g/mol. The molecule has 0 spiro atoms. The Labute approximate surface area is 158 Å². The van der Waals surface area contributed by atoms with Crippen molar-refractivity contribution in [2.24, 2.45) is 5.92 Å². The van der Waals surface area contributed by atoms with Gasteiger partial charge in [0.15, 0.2) is 4.34 Å². The minimum absolute atomic E-state index is 0.0793. The fraction of sp³-hybridized carbons (Fsp3) is 0.400. The third-order valence-electron chi connectivity index (χ3n) is 4.03. The van der Waals surface area contributed by atoms with Gasteiger partial charge in [0, 0.05) is 21.7 Å². The zero-order valence-corrected chi connectivity index (χ0v) is 16.5. The van der Waals surface area contributed by atoms with Crippen molar-refractivity contribution in [1.82, 2.24) is 19.8 Å². The summed E-state index contributed by atoms with van der Waals surface area (Å²) in [5.41, 5.74) is 5.26. The van der Waals surface area contributed by atoms with E-state index in [0.717, 1.165) is 32.9 Å². The predicted molar refractivity (Wildman–Crippen MR) is 99.8 cm³/mol. The van der Waals surface area contributed by atoms with Gasteiger partial charge in [-0.15, -0.1) is 15.3 Å². The number of hydrogen-bond donors (Lipinski definition) is 1. The highest BCUT2D eigenvalue weighted by molar-refractivity contribution is 8.00. The zero-order valence-electron chi connectivity index (χ0n) is 13.4. The van der Waals surface area contributed by atoms with E-state index in [0.29, 0.717) is 16.0 Å². The molecule has 0 aliphatic heterocycles. The molecular formula is C15H18Cl2N5S2+. The molecule has 0 aliphatic carbocycles. The molecule has 1 aromatic carbocycles. The average molecular weight is 403 g/mol. The quantitative estimate of drug-likeness (QED) is 0.629. The Hall–Kier alpha value is -0.860. The highest BCUT2D eigenvalue weighted by atomic mass is 35.5. The molecule has 5 nitrogen and oxygen atoms in total. The molecule has 3 aromatic rings. The Morgan fingerprint density at radius 1 is 1.33 bits per heavy atom. The molecule has 0 saturated carbocycles. The van der Waals surface area contributed by atoms with Crippen molar-refractivity contribution in [2.45, 2.75) is 36.4 Å². The second-order valence-corrected chi connectivity index (χ2v) is 8.66. The summed E-state index contributed by atoms with van der Waals surface area (Å²) in [6.07, 6.45) is 1.05. The van der Waals surface area contributed by atoms with Crippen LogP contribution in [0, 0.1) is 5.92 Å². The molecule has 0 saturated heterocycles. The summed E-state index contributed by atoms with van der Waals surface area (Å²) in [4.78, 5) is 0.798. The minimum Gasteiger partial charge on any atom is -0.348 e. The molecule has 0 fully saturated rings. The summed E-state index contributed by atoms with van der Waals surface area (Å²) in [6.45, 7) is 4.32. The number of quaternary nitrogens is 1. The van der Waals surface area contributed by atoms with E-state index in [1.165, 1.54) is 11.3 Å². The summed E-state index contributed by atoms with van der Waals surface area (Å²) in [5.74, 6) is 1.99. The Morgan fingerprint density at radius 3 is 2.83 bits per heavy atom. The predicted octanol–water partition coefficient (Wildman–Crippen LogP) is 4.11. The van der Waals surface area contributed by atoms with Gasteiger partial charge in [-0.25, -0.2) is 0 Å². The summed E-state index contributed by atoms with van der Waals surface area (Å²) >= 11 is 15.3. The second kappa shape index (κ2) is 7.58. The van der Waals surface area contributed by atoms with Crippen LogP contribution in [-0.2, 0) is 5.75 Å². The van der Waals surface area contributed by atoms with Gasteiger partial charge >= 0.3 is 0 Å². The molecule has 0 aliphatic rings. The van der Waals surface area contributed by atoms with Crippen molar-refractivity contribution in [1.29, 1.82) is 0 Å². The van der Waals surface area contributed by atoms with Crippen LogP contribution in [0.1, 0.15) is 37.7 Å². The Bertz CT molecular complexity index is 848. The molecule has 24 heavy (non-hydrogen) atoms. The maximum Gasteiger partial charge on any atom is 0.235 e. The Balaban J connectivity index is 1.78. The van der Waals surface area contributed by atoms with Gasteiger partial charge in [0.2, 0.25) is 10.8 Å². The molecule has 2 heterocycles. The first-order chi connectivity index (χ1) is 11.5. The van der Waals surface area contributed by atoms with Gasteiger partial charge in [-0.2, -0.15) is 4.52 Å². The standard InChI is InChI=1S/C15H17Cl2N5S2/c1-3-8(2)12(18)13-19-20-14-22(13)21-15(24-14)23-7-9-4-5-10(16)6-11(9)17/h4-6,8,12H,3,7,18H2,1-2H3/p+1/t8-,12-/m0/s1. The first-order valence-corrected chi connectivity index (χ1v) is 10.2. The van der Waals surface area contributed by atoms with Crippen molar-refractivity contribution in [3.63, 3.8) is 0 Å². The van der Waals surface area contributed by atoms with Gasteiger partial charge in [0.05, 0.1) is 0 Å². The van der Waals surface area contributed by atoms with E-state index in [1.54, 1.807) is 17.8 Å². The van der Waals surface area contributed by atoms with Gasteiger partial charge in [-0.3, -0.25) is 0 Å². The summed E-state index contributed by atoms with van der Waals surface area (Å²) < 4.78 is 2.75. The fourth-order valence-corrected chi connectivity index (χ4v) is 4.66. The molecule has 3 N–H and O–H groups in total. The average Bonchev–Trinajstić information content (AvgIpc) is 3.12. The van der Waals surface area contributed by atoms with Crippen LogP contribution in [-0.4, -0.2) is 19.8 Å². The summed E-state index contributed by atoms with van der Waals surface area (Å²) in [5, 5.41) is 14.4. The van der Waals surface area contributed by atoms with E-state index in [2.05, 4.69) is 34.9 Å². The van der Waals surface area contributed by atoms with E-state index in [9.17, 15) is 0 Å². The molecule has 3 rings (SSSR count). The Morgan fingerprint density at radius 2 is 2.12 bits per heavy atom. The lowest BCUT2D eigenvalue weighted by molar-refractivity contribution is -0.441. The zero-order chi connectivity index (χ0) is 17.3. The largest absolute Gasteiger partial charge is 0.348 e. The van der Waals surface area contributed by atoms with Gasteiger partial charge in [-0.05, 0) is 24.1 Å². The molecule has 0 bridgehead atoms. The highest BCUT2D eigenvalue weighted by Gasteiger charge is 2.24. The fourth-order valence-electron chi connectivity index (χ4n) is 2.22. The molecule has 0 amide bonds. The van der Waals surface area contributed by atoms with Crippen LogP contribution in [0.2, 0.25) is 10.0 Å². The smallest absolute Gasteiger partial charge is 0.235 e. The number of rotatable bonds is 6. The molecule has 2 atom stereocenters. The molecule has 0 radical (unpaired) electrons. The van der Waals surface area contributed by atoms with Crippen LogP contribution in [0.4, 0.5) is 0 Å². The van der Waals surface area contributed by atoms with E-state index in [1.807, 2.05) is 16.6 Å². The SMILES string of the molecule is CC[C@H](C)[C@H]([NH3+])c1nnc2sc(SCc3ccc(Cl)cc3Cl)nn12. The number of nitrogens with zero attached hydrogens (tertiary/aromatic N) is 4. The van der Waals surface area contributed by atoms with Crippen molar-refractivity contribution in [3.05, 3.63) is 39.6 Å². The molecular weight excluding hydrogens is 385 g/mol. The van der Waals surface area contributed by atoms with Crippen molar-refractivity contribution in [2.75, 3.05) is 0 Å². The van der Waals surface area contributed by atoms with Crippen LogP contribution in [0.3, 0.4) is 0 Å². The second-order valence-electron chi connectivity index (χ2n) is 5.64. The summed E-state index contributed by atoms with van der Waals surface area (Å²) in [7, 11) is 0. The van der Waals surface area contributed by atoms with Gasteiger partial charge < -0.3 is 5.73 Å². The van der Waals surface area contributed by atoms with E-state index in [-0.39, 0.29) is 6.04 Å². The van der Waals surface area contributed by atoms with Crippen molar-refractivity contribution >= 4 is 51.3 Å². The molecule has 0 unspecified atom stereocenters. The minimum atomic E-state index is 0.0793. The van der Waals surface area contributed by atoms with Crippen molar-refractivity contribution in [3.8, 4) is 0 Å².